The minimum absolute atomic E-state index is 0.0817. The van der Waals surface area contributed by atoms with Gasteiger partial charge in [0.05, 0.1) is 11.4 Å². The van der Waals surface area contributed by atoms with E-state index >= 15 is 0 Å². The highest BCUT2D eigenvalue weighted by atomic mass is 32.2. The number of thioether (sulfide) groups is 1. The number of fused-ring (bicyclic) bond motifs is 1. The molecule has 0 unspecified atom stereocenters. The molecule has 0 aliphatic carbocycles. The first-order chi connectivity index (χ1) is 12.8. The van der Waals surface area contributed by atoms with Crippen LogP contribution in [0.1, 0.15) is 16.8 Å². The minimum atomic E-state index is -4.48. The number of hydrogen-bond donors (Lipinski definition) is 2. The Bertz CT molecular complexity index is 871. The molecule has 0 fully saturated rings. The largest absolute Gasteiger partial charge is 0.482 e. The lowest BCUT2D eigenvalue weighted by Gasteiger charge is -2.14. The molecule has 27 heavy (non-hydrogen) atoms. The summed E-state index contributed by atoms with van der Waals surface area (Å²) in [6, 6.07) is 10.7. The summed E-state index contributed by atoms with van der Waals surface area (Å²) < 4.78 is 41.9. The van der Waals surface area contributed by atoms with E-state index in [4.69, 9.17) is 4.74 Å². The first kappa shape index (κ1) is 19.1. The van der Waals surface area contributed by atoms with Crippen LogP contribution in [-0.2, 0) is 4.79 Å². The SMILES string of the molecule is O=C1CCSc2ccc(C(=O)Nc3ccccc3OCC(F)(F)F)cc2N1. The number of nitrogens with one attached hydrogen (secondary N) is 2. The number of amides is 2. The molecule has 2 amide bonds. The van der Waals surface area contributed by atoms with Gasteiger partial charge in [-0.3, -0.25) is 9.59 Å². The Hall–Kier alpha value is -2.68. The molecule has 2 aromatic rings. The lowest BCUT2D eigenvalue weighted by atomic mass is 10.1. The van der Waals surface area contributed by atoms with Gasteiger partial charge in [0.1, 0.15) is 5.75 Å². The predicted octanol–water partition coefficient (Wildman–Crippen LogP) is 4.31. The summed E-state index contributed by atoms with van der Waals surface area (Å²) in [5.74, 6) is -0.0928. The van der Waals surface area contributed by atoms with Gasteiger partial charge in [-0.2, -0.15) is 13.2 Å². The van der Waals surface area contributed by atoms with Crippen LogP contribution in [0.3, 0.4) is 0 Å². The summed E-state index contributed by atoms with van der Waals surface area (Å²) in [6.07, 6.45) is -4.10. The van der Waals surface area contributed by atoms with Crippen LogP contribution in [0.2, 0.25) is 0 Å². The topological polar surface area (TPSA) is 67.4 Å². The first-order valence-electron chi connectivity index (χ1n) is 7.98. The summed E-state index contributed by atoms with van der Waals surface area (Å²) in [4.78, 5) is 25.0. The Kier molecular flexibility index (Phi) is 5.59. The molecule has 1 heterocycles. The van der Waals surface area contributed by atoms with Crippen LogP contribution in [0.5, 0.6) is 5.75 Å². The zero-order valence-electron chi connectivity index (χ0n) is 13.9. The number of alkyl halides is 3. The maximum absolute atomic E-state index is 12.5. The van der Waals surface area contributed by atoms with E-state index in [1.807, 2.05) is 0 Å². The standard InChI is InChI=1S/C18H15F3N2O3S/c19-18(20,21)10-26-14-4-2-1-3-12(14)23-17(25)11-5-6-15-13(9-11)22-16(24)7-8-27-15/h1-6,9H,7-8,10H2,(H,22,24)(H,23,25). The van der Waals surface area contributed by atoms with Crippen LogP contribution < -0.4 is 15.4 Å². The fourth-order valence-corrected chi connectivity index (χ4v) is 3.35. The Morgan fingerprint density at radius 1 is 1.22 bits per heavy atom. The fourth-order valence-electron chi connectivity index (χ4n) is 2.41. The third kappa shape index (κ3) is 5.16. The van der Waals surface area contributed by atoms with Crippen molar-refractivity contribution >= 4 is 35.0 Å². The molecule has 0 spiro atoms. The van der Waals surface area contributed by atoms with Gasteiger partial charge in [0.25, 0.3) is 5.91 Å². The molecule has 142 valence electrons. The van der Waals surface area contributed by atoms with Gasteiger partial charge in [0.2, 0.25) is 5.91 Å². The maximum Gasteiger partial charge on any atom is 0.422 e. The third-order valence-electron chi connectivity index (χ3n) is 3.63. The second-order valence-corrected chi connectivity index (χ2v) is 6.85. The van der Waals surface area contributed by atoms with Gasteiger partial charge in [-0.1, -0.05) is 12.1 Å². The number of halogens is 3. The van der Waals surface area contributed by atoms with Crippen molar-refractivity contribution in [1.29, 1.82) is 0 Å². The number of ether oxygens (including phenoxy) is 1. The fraction of sp³-hybridized carbons (Fsp3) is 0.222. The third-order valence-corrected chi connectivity index (χ3v) is 4.70. The van der Waals surface area contributed by atoms with Crippen molar-refractivity contribution in [2.24, 2.45) is 0 Å². The van der Waals surface area contributed by atoms with Crippen LogP contribution in [0.25, 0.3) is 0 Å². The first-order valence-corrected chi connectivity index (χ1v) is 8.97. The van der Waals surface area contributed by atoms with Gasteiger partial charge in [0, 0.05) is 22.6 Å². The molecule has 5 nitrogen and oxygen atoms in total. The molecule has 1 aliphatic rings. The molecule has 2 aromatic carbocycles. The highest BCUT2D eigenvalue weighted by molar-refractivity contribution is 7.99. The van der Waals surface area contributed by atoms with Gasteiger partial charge in [0.15, 0.2) is 6.61 Å². The van der Waals surface area contributed by atoms with Crippen molar-refractivity contribution in [3.63, 3.8) is 0 Å². The van der Waals surface area contributed by atoms with Gasteiger partial charge < -0.3 is 15.4 Å². The minimum Gasteiger partial charge on any atom is -0.482 e. The summed E-state index contributed by atoms with van der Waals surface area (Å²) in [7, 11) is 0. The smallest absolute Gasteiger partial charge is 0.422 e. The Morgan fingerprint density at radius 2 is 2.00 bits per heavy atom. The van der Waals surface area contributed by atoms with Crippen LogP contribution >= 0.6 is 11.8 Å². The summed E-state index contributed by atoms with van der Waals surface area (Å²) >= 11 is 1.51. The van der Waals surface area contributed by atoms with E-state index in [1.165, 1.54) is 30.0 Å². The highest BCUT2D eigenvalue weighted by Crippen LogP contribution is 2.32. The molecule has 0 bridgehead atoms. The van der Waals surface area contributed by atoms with Gasteiger partial charge in [-0.05, 0) is 30.3 Å². The second-order valence-electron chi connectivity index (χ2n) is 5.71. The van der Waals surface area contributed by atoms with Crippen LogP contribution in [0, 0.1) is 0 Å². The Balaban J connectivity index is 1.77. The van der Waals surface area contributed by atoms with E-state index in [-0.39, 0.29) is 22.9 Å². The quantitative estimate of drug-likeness (QED) is 0.808. The molecule has 0 aromatic heterocycles. The normalized spacial score (nSPS) is 14.0. The molecule has 2 N–H and O–H groups in total. The van der Waals surface area contributed by atoms with Gasteiger partial charge >= 0.3 is 6.18 Å². The number of hydrogen-bond acceptors (Lipinski definition) is 4. The van der Waals surface area contributed by atoms with E-state index in [0.29, 0.717) is 17.9 Å². The molecule has 3 rings (SSSR count). The number of rotatable bonds is 4. The Morgan fingerprint density at radius 3 is 2.78 bits per heavy atom. The zero-order chi connectivity index (χ0) is 19.4. The molecule has 0 radical (unpaired) electrons. The van der Waals surface area contributed by atoms with E-state index in [1.54, 1.807) is 24.3 Å². The van der Waals surface area contributed by atoms with Crippen molar-refractivity contribution in [2.45, 2.75) is 17.5 Å². The molecule has 0 atom stereocenters. The predicted molar refractivity (Wildman–Crippen MR) is 96.4 cm³/mol. The summed E-state index contributed by atoms with van der Waals surface area (Å²) in [5.41, 5.74) is 0.930. The van der Waals surface area contributed by atoms with Crippen molar-refractivity contribution in [3.05, 3.63) is 48.0 Å². The average Bonchev–Trinajstić information content (AvgIpc) is 2.80. The number of anilines is 2. The number of benzene rings is 2. The Labute approximate surface area is 157 Å². The molecular weight excluding hydrogens is 381 g/mol. The van der Waals surface area contributed by atoms with Crippen LogP contribution in [0.15, 0.2) is 47.4 Å². The number of carbonyl (C=O) groups is 2. The number of para-hydroxylation sites is 2. The molecular formula is C18H15F3N2O3S. The molecule has 9 heteroatoms. The van der Waals surface area contributed by atoms with E-state index in [0.717, 1.165) is 4.90 Å². The van der Waals surface area contributed by atoms with Crippen LogP contribution in [0.4, 0.5) is 24.5 Å². The summed E-state index contributed by atoms with van der Waals surface area (Å²) in [5, 5.41) is 5.29. The van der Waals surface area contributed by atoms with E-state index < -0.39 is 18.7 Å². The monoisotopic (exact) mass is 396 g/mol. The molecule has 0 saturated carbocycles. The van der Waals surface area contributed by atoms with Crippen molar-refractivity contribution in [2.75, 3.05) is 23.0 Å². The molecule has 0 saturated heterocycles. The zero-order valence-corrected chi connectivity index (χ0v) is 14.7. The van der Waals surface area contributed by atoms with Crippen LogP contribution in [-0.4, -0.2) is 30.4 Å². The summed E-state index contributed by atoms with van der Waals surface area (Å²) in [6.45, 7) is -1.46. The lowest BCUT2D eigenvalue weighted by molar-refractivity contribution is -0.153. The maximum atomic E-state index is 12.5. The van der Waals surface area contributed by atoms with Crippen molar-refractivity contribution in [1.82, 2.24) is 0 Å². The van der Waals surface area contributed by atoms with Crippen molar-refractivity contribution in [3.8, 4) is 5.75 Å². The van der Waals surface area contributed by atoms with E-state index in [9.17, 15) is 22.8 Å². The lowest BCUT2D eigenvalue weighted by Crippen LogP contribution is -2.20. The highest BCUT2D eigenvalue weighted by Gasteiger charge is 2.29. The second kappa shape index (κ2) is 7.91. The van der Waals surface area contributed by atoms with Crippen molar-refractivity contribution < 1.29 is 27.5 Å². The molecule has 1 aliphatic heterocycles. The van der Waals surface area contributed by atoms with Gasteiger partial charge in [-0.15, -0.1) is 11.8 Å². The van der Waals surface area contributed by atoms with E-state index in [2.05, 4.69) is 10.6 Å². The average molecular weight is 396 g/mol. The number of carbonyl (C=O) groups excluding carboxylic acids is 2. The van der Waals surface area contributed by atoms with Gasteiger partial charge in [-0.25, -0.2) is 0 Å².